The predicted molar refractivity (Wildman–Crippen MR) is 76.2 cm³/mol. The summed E-state index contributed by atoms with van der Waals surface area (Å²) in [7, 11) is 0. The van der Waals surface area contributed by atoms with Gasteiger partial charge < -0.3 is 10.2 Å². The molecule has 2 aromatic heterocycles. The van der Waals surface area contributed by atoms with Crippen LogP contribution in [0.1, 0.15) is 23.1 Å². The van der Waals surface area contributed by atoms with Gasteiger partial charge in [-0.05, 0) is 37.3 Å². The van der Waals surface area contributed by atoms with Crippen LogP contribution < -0.4 is 5.73 Å². The van der Waals surface area contributed by atoms with Crippen molar-refractivity contribution < 1.29 is 4.42 Å². The third kappa shape index (κ3) is 2.23. The second-order valence-electron chi connectivity index (χ2n) is 4.54. The maximum Gasteiger partial charge on any atom is 0.134 e. The van der Waals surface area contributed by atoms with Crippen molar-refractivity contribution in [2.45, 2.75) is 13.0 Å². The number of nitrogens with two attached hydrogens (primary N) is 1. The smallest absolute Gasteiger partial charge is 0.134 e. The van der Waals surface area contributed by atoms with Gasteiger partial charge in [-0.15, -0.1) is 0 Å². The third-order valence-corrected chi connectivity index (χ3v) is 3.40. The van der Waals surface area contributed by atoms with E-state index in [1.54, 1.807) is 18.3 Å². The Bertz CT molecular complexity index is 736. The van der Waals surface area contributed by atoms with E-state index in [9.17, 15) is 0 Å². The van der Waals surface area contributed by atoms with Crippen LogP contribution in [-0.4, -0.2) is 4.98 Å². The zero-order valence-corrected chi connectivity index (χ0v) is 11.2. The Morgan fingerprint density at radius 2 is 2.11 bits per heavy atom. The summed E-state index contributed by atoms with van der Waals surface area (Å²) in [5, 5.41) is 1.59. The molecule has 0 fully saturated rings. The summed E-state index contributed by atoms with van der Waals surface area (Å²) in [6.45, 7) is 2.04. The highest BCUT2D eigenvalue weighted by molar-refractivity contribution is 6.31. The van der Waals surface area contributed by atoms with E-state index in [0.29, 0.717) is 16.5 Å². The van der Waals surface area contributed by atoms with Crippen molar-refractivity contribution in [3.63, 3.8) is 0 Å². The Balaban J connectivity index is 2.07. The molecule has 3 rings (SSSR count). The molecule has 0 bridgehead atoms. The van der Waals surface area contributed by atoms with Crippen LogP contribution in [-0.2, 0) is 0 Å². The van der Waals surface area contributed by atoms with Gasteiger partial charge >= 0.3 is 0 Å². The molecular weight excluding hydrogens is 260 g/mol. The molecule has 96 valence electrons. The zero-order valence-electron chi connectivity index (χ0n) is 10.4. The molecule has 0 saturated carbocycles. The normalized spacial score (nSPS) is 12.8. The number of hydrogen-bond donors (Lipinski definition) is 1. The van der Waals surface area contributed by atoms with E-state index >= 15 is 0 Å². The van der Waals surface area contributed by atoms with Gasteiger partial charge in [0.05, 0.1) is 10.7 Å². The van der Waals surface area contributed by atoms with Gasteiger partial charge in [-0.3, -0.25) is 4.98 Å². The first-order chi connectivity index (χ1) is 9.15. The number of furan rings is 1. The Morgan fingerprint density at radius 1 is 1.26 bits per heavy atom. The molecule has 0 spiro atoms. The summed E-state index contributed by atoms with van der Waals surface area (Å²) in [6.07, 6.45) is 1.67. The topological polar surface area (TPSA) is 52.0 Å². The molecule has 3 nitrogen and oxygen atoms in total. The predicted octanol–water partition coefficient (Wildman–Crippen LogP) is 3.84. The van der Waals surface area contributed by atoms with E-state index in [1.807, 2.05) is 25.1 Å². The highest BCUT2D eigenvalue weighted by Gasteiger charge is 2.18. The van der Waals surface area contributed by atoms with Crippen molar-refractivity contribution >= 4 is 22.6 Å². The first-order valence-electron chi connectivity index (χ1n) is 6.01. The number of fused-ring (bicyclic) bond motifs is 1. The average molecular weight is 273 g/mol. The Kier molecular flexibility index (Phi) is 3.01. The fourth-order valence-electron chi connectivity index (χ4n) is 2.10. The lowest BCUT2D eigenvalue weighted by Crippen LogP contribution is -2.13. The summed E-state index contributed by atoms with van der Waals surface area (Å²) >= 11 is 6.11. The van der Waals surface area contributed by atoms with Crippen LogP contribution in [0.25, 0.3) is 11.0 Å². The Labute approximate surface area is 116 Å². The van der Waals surface area contributed by atoms with Gasteiger partial charge in [0.15, 0.2) is 0 Å². The van der Waals surface area contributed by atoms with Crippen molar-refractivity contribution in [1.29, 1.82) is 0 Å². The maximum atomic E-state index is 6.18. The lowest BCUT2D eigenvalue weighted by molar-refractivity contribution is 0.521. The minimum absolute atomic E-state index is 0.457. The van der Waals surface area contributed by atoms with Crippen molar-refractivity contribution in [3.05, 3.63) is 64.6 Å². The number of aryl methyl sites for hydroxylation is 1. The lowest BCUT2D eigenvalue weighted by atomic mass is 10.1. The van der Waals surface area contributed by atoms with E-state index in [4.69, 9.17) is 21.8 Å². The third-order valence-electron chi connectivity index (χ3n) is 3.08. The molecule has 0 aliphatic carbocycles. The van der Waals surface area contributed by atoms with Crippen LogP contribution in [0, 0.1) is 6.92 Å². The minimum atomic E-state index is -0.457. The highest BCUT2D eigenvalue weighted by atomic mass is 35.5. The van der Waals surface area contributed by atoms with Crippen LogP contribution in [0.4, 0.5) is 0 Å². The number of pyridine rings is 1. The second kappa shape index (κ2) is 4.68. The van der Waals surface area contributed by atoms with Crippen LogP contribution in [0.3, 0.4) is 0 Å². The summed E-state index contributed by atoms with van der Waals surface area (Å²) in [4.78, 5) is 4.23. The zero-order chi connectivity index (χ0) is 13.4. The molecule has 1 atom stereocenters. The molecule has 1 unspecified atom stereocenters. The Hall–Kier alpha value is -1.84. The fraction of sp³-hybridized carbons (Fsp3) is 0.133. The van der Waals surface area contributed by atoms with Crippen LogP contribution >= 0.6 is 11.6 Å². The standard InChI is InChI=1S/C15H13ClN2O/c1-9-4-5-12-10(7-9)8-13(19-12)14(17)15-11(16)3-2-6-18-15/h2-8,14H,17H2,1H3. The molecule has 2 heterocycles. The van der Waals surface area contributed by atoms with Crippen LogP contribution in [0.15, 0.2) is 47.0 Å². The van der Waals surface area contributed by atoms with E-state index in [-0.39, 0.29) is 0 Å². The SMILES string of the molecule is Cc1ccc2oc(C(N)c3ncccc3Cl)cc2c1. The molecule has 4 heteroatoms. The first kappa shape index (κ1) is 12.2. The molecule has 0 aliphatic heterocycles. The number of rotatable bonds is 2. The van der Waals surface area contributed by atoms with Gasteiger partial charge in [0.25, 0.3) is 0 Å². The monoisotopic (exact) mass is 272 g/mol. The van der Waals surface area contributed by atoms with E-state index in [1.165, 1.54) is 5.56 Å². The summed E-state index contributed by atoms with van der Waals surface area (Å²) in [5.41, 5.74) is 8.81. The highest BCUT2D eigenvalue weighted by Crippen LogP contribution is 2.29. The van der Waals surface area contributed by atoms with Crippen molar-refractivity contribution in [3.8, 4) is 0 Å². The maximum absolute atomic E-state index is 6.18. The number of benzene rings is 1. The summed E-state index contributed by atoms with van der Waals surface area (Å²) in [5.74, 6) is 0.668. The van der Waals surface area contributed by atoms with Gasteiger partial charge in [0, 0.05) is 11.6 Å². The molecule has 3 aromatic rings. The van der Waals surface area contributed by atoms with Crippen molar-refractivity contribution in [2.24, 2.45) is 5.73 Å². The van der Waals surface area contributed by atoms with Crippen LogP contribution in [0.2, 0.25) is 5.02 Å². The number of aromatic nitrogens is 1. The molecule has 0 aliphatic rings. The van der Waals surface area contributed by atoms with E-state index in [2.05, 4.69) is 11.1 Å². The van der Waals surface area contributed by atoms with Crippen molar-refractivity contribution in [2.75, 3.05) is 0 Å². The summed E-state index contributed by atoms with van der Waals surface area (Å²) in [6, 6.07) is 11.1. The minimum Gasteiger partial charge on any atom is -0.459 e. The van der Waals surface area contributed by atoms with Gasteiger partial charge in [-0.25, -0.2) is 0 Å². The molecule has 2 N–H and O–H groups in total. The largest absolute Gasteiger partial charge is 0.459 e. The Morgan fingerprint density at radius 3 is 2.89 bits per heavy atom. The second-order valence-corrected chi connectivity index (χ2v) is 4.95. The van der Waals surface area contributed by atoms with Gasteiger partial charge in [-0.2, -0.15) is 0 Å². The van der Waals surface area contributed by atoms with Crippen molar-refractivity contribution in [1.82, 2.24) is 4.98 Å². The van der Waals surface area contributed by atoms with E-state index < -0.39 is 6.04 Å². The van der Waals surface area contributed by atoms with Crippen LogP contribution in [0.5, 0.6) is 0 Å². The van der Waals surface area contributed by atoms with E-state index in [0.717, 1.165) is 11.0 Å². The molecule has 0 radical (unpaired) electrons. The lowest BCUT2D eigenvalue weighted by Gasteiger charge is -2.09. The molecule has 0 amide bonds. The quantitative estimate of drug-likeness (QED) is 0.771. The van der Waals surface area contributed by atoms with Gasteiger partial charge in [0.2, 0.25) is 0 Å². The average Bonchev–Trinajstić information content (AvgIpc) is 2.81. The van der Waals surface area contributed by atoms with Gasteiger partial charge in [-0.1, -0.05) is 23.2 Å². The fourth-order valence-corrected chi connectivity index (χ4v) is 2.34. The molecule has 0 saturated heterocycles. The van der Waals surface area contributed by atoms with Gasteiger partial charge in [0.1, 0.15) is 17.4 Å². The first-order valence-corrected chi connectivity index (χ1v) is 6.39. The molecule has 1 aromatic carbocycles. The summed E-state index contributed by atoms with van der Waals surface area (Å²) < 4.78 is 5.77. The number of nitrogens with zero attached hydrogens (tertiary/aromatic N) is 1. The molecular formula is C15H13ClN2O. The molecule has 19 heavy (non-hydrogen) atoms. The number of hydrogen-bond acceptors (Lipinski definition) is 3. The number of halogens is 1.